The summed E-state index contributed by atoms with van der Waals surface area (Å²) in [5, 5.41) is 2.60. The highest BCUT2D eigenvalue weighted by molar-refractivity contribution is 6.16. The van der Waals surface area contributed by atoms with E-state index in [1.165, 1.54) is 107 Å². The molecule has 4 aromatic carbocycles. The van der Waals surface area contributed by atoms with Crippen LogP contribution in [0, 0.1) is 11.8 Å². The quantitative estimate of drug-likeness (QED) is 0.183. The van der Waals surface area contributed by atoms with Crippen molar-refractivity contribution in [2.75, 3.05) is 28.0 Å². The number of nitrogens with zero attached hydrogens (tertiary/aromatic N) is 6. The first kappa shape index (κ1) is 30.0. The lowest BCUT2D eigenvalue weighted by Crippen LogP contribution is -2.36. The van der Waals surface area contributed by atoms with Crippen LogP contribution < -0.4 is 14.7 Å². The average molecular weight is 661 g/mol. The third-order valence-corrected chi connectivity index (χ3v) is 12.5. The molecule has 5 aromatic rings. The zero-order valence-corrected chi connectivity index (χ0v) is 29.5. The summed E-state index contributed by atoms with van der Waals surface area (Å²) in [7, 11) is 0. The van der Waals surface area contributed by atoms with Gasteiger partial charge in [-0.15, -0.1) is 0 Å². The SMILES string of the molecule is CC1CCC(N2C=CN(c3cccc(N4c5cc(N6C=CN(C7CCC(C)CC7)C6)ccc5-n5c6ccccc6c6cccc4c65)c3)C2)CC1. The van der Waals surface area contributed by atoms with Gasteiger partial charge in [-0.05, 0) is 112 Å². The van der Waals surface area contributed by atoms with Crippen molar-refractivity contribution in [1.82, 2.24) is 14.4 Å². The van der Waals surface area contributed by atoms with Gasteiger partial charge in [0.2, 0.25) is 0 Å². The molecular weight excluding hydrogens is 613 g/mol. The predicted octanol–water partition coefficient (Wildman–Crippen LogP) is 10.8. The Kier molecular flexibility index (Phi) is 7.14. The molecular formula is C44H48N6. The van der Waals surface area contributed by atoms with E-state index >= 15 is 0 Å². The van der Waals surface area contributed by atoms with E-state index in [2.05, 4.69) is 153 Å². The van der Waals surface area contributed by atoms with Gasteiger partial charge in [0.15, 0.2) is 0 Å². The maximum atomic E-state index is 2.58. The van der Waals surface area contributed by atoms with Crippen molar-refractivity contribution in [1.29, 1.82) is 0 Å². The van der Waals surface area contributed by atoms with E-state index < -0.39 is 0 Å². The lowest BCUT2D eigenvalue weighted by Gasteiger charge is -2.36. The number of benzene rings is 4. The smallest absolute Gasteiger partial charge is 0.0944 e. The molecule has 0 unspecified atom stereocenters. The zero-order valence-electron chi connectivity index (χ0n) is 29.5. The lowest BCUT2D eigenvalue weighted by atomic mass is 9.87. The van der Waals surface area contributed by atoms with E-state index in [9.17, 15) is 0 Å². The van der Waals surface area contributed by atoms with Gasteiger partial charge >= 0.3 is 0 Å². The Morgan fingerprint density at radius 1 is 0.480 bits per heavy atom. The summed E-state index contributed by atoms with van der Waals surface area (Å²) in [5.74, 6) is 1.72. The molecule has 1 aromatic heterocycles. The minimum Gasteiger partial charge on any atom is -0.355 e. The van der Waals surface area contributed by atoms with Gasteiger partial charge in [0, 0.05) is 64.7 Å². The number of para-hydroxylation sites is 2. The lowest BCUT2D eigenvalue weighted by molar-refractivity contribution is 0.203. The van der Waals surface area contributed by atoms with Gasteiger partial charge in [0.25, 0.3) is 0 Å². The standard InChI is InChI=1S/C44H48N6/c1-31-13-17-33(18-14-31)45-23-25-47(29-45)35-7-5-8-37(27-35)49-42-12-6-10-39-38-9-3-4-11-40(38)50(44(39)42)41-22-21-36(28-43(41)49)48-26-24-46(30-48)34-19-15-32(2)16-20-34/h3-12,21-28,31-34H,13-20,29-30H2,1-2H3. The fourth-order valence-corrected chi connectivity index (χ4v) is 9.54. The second-order valence-electron chi connectivity index (χ2n) is 15.7. The Balaban J connectivity index is 1.04. The molecule has 2 aliphatic carbocycles. The molecule has 0 amide bonds. The zero-order chi connectivity index (χ0) is 33.3. The fourth-order valence-electron chi connectivity index (χ4n) is 9.54. The van der Waals surface area contributed by atoms with Crippen LogP contribution in [0.2, 0.25) is 0 Å². The molecule has 0 N–H and O–H groups in total. The molecule has 0 spiro atoms. The van der Waals surface area contributed by atoms with Gasteiger partial charge in [-0.2, -0.15) is 0 Å². The van der Waals surface area contributed by atoms with Crippen molar-refractivity contribution in [3.05, 3.63) is 110 Å². The molecule has 0 bridgehead atoms. The summed E-state index contributed by atoms with van der Waals surface area (Å²) in [6, 6.07) is 33.3. The van der Waals surface area contributed by atoms with Crippen LogP contribution in [0.5, 0.6) is 0 Å². The van der Waals surface area contributed by atoms with Crippen molar-refractivity contribution in [2.24, 2.45) is 11.8 Å². The molecule has 0 saturated heterocycles. The Bertz CT molecular complexity index is 2130. The molecule has 3 aliphatic heterocycles. The summed E-state index contributed by atoms with van der Waals surface area (Å²) in [5.41, 5.74) is 9.87. The van der Waals surface area contributed by atoms with Crippen LogP contribution in [-0.4, -0.2) is 39.8 Å². The highest BCUT2D eigenvalue weighted by Gasteiger charge is 2.32. The van der Waals surface area contributed by atoms with Crippen molar-refractivity contribution in [3.63, 3.8) is 0 Å². The first-order valence-electron chi connectivity index (χ1n) is 19.1. The van der Waals surface area contributed by atoms with Crippen LogP contribution in [0.4, 0.5) is 28.4 Å². The minimum atomic E-state index is 0.646. The third kappa shape index (κ3) is 4.90. The maximum Gasteiger partial charge on any atom is 0.0944 e. The van der Waals surface area contributed by atoms with Gasteiger partial charge in [0.05, 0.1) is 41.4 Å². The largest absolute Gasteiger partial charge is 0.355 e. The highest BCUT2D eigenvalue weighted by Crippen LogP contribution is 2.51. The molecule has 10 rings (SSSR count). The first-order chi connectivity index (χ1) is 24.6. The predicted molar refractivity (Wildman–Crippen MR) is 209 cm³/mol. The molecule has 2 saturated carbocycles. The van der Waals surface area contributed by atoms with Crippen molar-refractivity contribution in [2.45, 2.75) is 77.3 Å². The normalized spacial score (nSPS) is 24.6. The van der Waals surface area contributed by atoms with E-state index in [0.717, 1.165) is 25.2 Å². The van der Waals surface area contributed by atoms with Gasteiger partial charge in [-0.3, -0.25) is 0 Å². The fraction of sp³-hybridized carbons (Fsp3) is 0.364. The second kappa shape index (κ2) is 11.9. The molecule has 2 fully saturated rings. The third-order valence-electron chi connectivity index (χ3n) is 12.5. The molecule has 6 nitrogen and oxygen atoms in total. The van der Waals surface area contributed by atoms with Crippen LogP contribution in [0.3, 0.4) is 0 Å². The van der Waals surface area contributed by atoms with Crippen LogP contribution in [0.15, 0.2) is 110 Å². The number of fused-ring (bicyclic) bond motifs is 5. The van der Waals surface area contributed by atoms with E-state index in [0.29, 0.717) is 12.1 Å². The Labute approximate surface area is 296 Å². The Hall–Kier alpha value is -4.84. The molecule has 6 heteroatoms. The number of aromatic nitrogens is 1. The van der Waals surface area contributed by atoms with Gasteiger partial charge in [-0.1, -0.05) is 50.2 Å². The number of hydrogen-bond acceptors (Lipinski definition) is 5. The molecule has 5 aliphatic rings. The summed E-state index contributed by atoms with van der Waals surface area (Å²) in [4.78, 5) is 12.5. The maximum absolute atomic E-state index is 2.58. The number of anilines is 5. The van der Waals surface area contributed by atoms with Crippen LogP contribution in [-0.2, 0) is 0 Å². The Morgan fingerprint density at radius 3 is 1.78 bits per heavy atom. The van der Waals surface area contributed by atoms with Gasteiger partial charge in [0.1, 0.15) is 0 Å². The van der Waals surface area contributed by atoms with Crippen LogP contribution in [0.1, 0.15) is 65.2 Å². The van der Waals surface area contributed by atoms with E-state index in [4.69, 9.17) is 0 Å². The van der Waals surface area contributed by atoms with Crippen LogP contribution in [0.25, 0.3) is 27.5 Å². The minimum absolute atomic E-state index is 0.646. The van der Waals surface area contributed by atoms with Crippen molar-refractivity contribution in [3.8, 4) is 5.69 Å². The summed E-state index contributed by atoms with van der Waals surface area (Å²) >= 11 is 0. The molecule has 254 valence electrons. The van der Waals surface area contributed by atoms with Crippen molar-refractivity contribution < 1.29 is 0 Å². The summed E-state index contributed by atoms with van der Waals surface area (Å²) in [6.07, 6.45) is 19.8. The monoisotopic (exact) mass is 660 g/mol. The van der Waals surface area contributed by atoms with Gasteiger partial charge < -0.3 is 29.1 Å². The van der Waals surface area contributed by atoms with E-state index in [1.54, 1.807) is 0 Å². The van der Waals surface area contributed by atoms with E-state index in [1.807, 2.05) is 0 Å². The van der Waals surface area contributed by atoms with Crippen LogP contribution >= 0.6 is 0 Å². The summed E-state index contributed by atoms with van der Waals surface area (Å²) < 4.78 is 2.50. The Morgan fingerprint density at radius 2 is 1.08 bits per heavy atom. The second-order valence-corrected chi connectivity index (χ2v) is 15.7. The summed E-state index contributed by atoms with van der Waals surface area (Å²) in [6.45, 7) is 6.65. The molecule has 0 atom stereocenters. The number of rotatable bonds is 5. The van der Waals surface area contributed by atoms with Gasteiger partial charge in [-0.25, -0.2) is 0 Å². The van der Waals surface area contributed by atoms with E-state index in [-0.39, 0.29) is 0 Å². The average Bonchev–Trinajstić information content (AvgIpc) is 3.92. The highest BCUT2D eigenvalue weighted by atomic mass is 15.4. The number of hydrogen-bond donors (Lipinski definition) is 0. The topological polar surface area (TPSA) is 21.1 Å². The molecule has 0 radical (unpaired) electrons. The first-order valence-corrected chi connectivity index (χ1v) is 19.1. The van der Waals surface area contributed by atoms with Crippen molar-refractivity contribution >= 4 is 50.2 Å². The molecule has 50 heavy (non-hydrogen) atoms. The molecule has 4 heterocycles.